The Bertz CT molecular complexity index is 1200. The normalized spacial score (nSPS) is 13.8. The number of thioether (sulfide) groups is 1. The number of anilines is 1. The number of hydrogen-bond donors (Lipinski definition) is 1. The third-order valence-electron chi connectivity index (χ3n) is 4.64. The Balaban J connectivity index is 1.56. The number of nitrogens with zero attached hydrogens (tertiary/aromatic N) is 2. The Labute approximate surface area is 198 Å². The van der Waals surface area contributed by atoms with Gasteiger partial charge >= 0.3 is 5.51 Å². The van der Waals surface area contributed by atoms with Gasteiger partial charge in [-0.15, -0.1) is 0 Å². The van der Waals surface area contributed by atoms with Crippen molar-refractivity contribution >= 4 is 52.3 Å². The highest BCUT2D eigenvalue weighted by Crippen LogP contribution is 2.39. The van der Waals surface area contributed by atoms with Crippen LogP contribution in [0.4, 0.5) is 18.9 Å². The minimum atomic E-state index is -4.44. The van der Waals surface area contributed by atoms with Crippen LogP contribution in [-0.2, 0) is 0 Å². The molecule has 1 aliphatic rings. The molecule has 0 aliphatic heterocycles. The molecule has 0 amide bonds. The van der Waals surface area contributed by atoms with Gasteiger partial charge in [-0.3, -0.25) is 4.40 Å². The molecule has 1 aromatic carbocycles. The summed E-state index contributed by atoms with van der Waals surface area (Å²) in [7, 11) is -0.248. The zero-order valence-corrected chi connectivity index (χ0v) is 20.6. The van der Waals surface area contributed by atoms with Crippen molar-refractivity contribution in [1.29, 1.82) is 0 Å². The van der Waals surface area contributed by atoms with Crippen LogP contribution in [0, 0.1) is 11.8 Å². The molecule has 168 valence electrons. The summed E-state index contributed by atoms with van der Waals surface area (Å²) in [5.41, 5.74) is -3.13. The summed E-state index contributed by atoms with van der Waals surface area (Å²) in [5.74, 6) is 6.51. The quantitative estimate of drug-likeness (QED) is 0.233. The van der Waals surface area contributed by atoms with E-state index in [2.05, 4.69) is 63.5 Å². The van der Waals surface area contributed by atoms with Gasteiger partial charge in [0, 0.05) is 18.0 Å². The zero-order chi connectivity index (χ0) is 22.9. The van der Waals surface area contributed by atoms with Crippen molar-refractivity contribution in [3.8, 4) is 17.6 Å². The van der Waals surface area contributed by atoms with Gasteiger partial charge in [0.15, 0.2) is 5.65 Å². The lowest BCUT2D eigenvalue weighted by atomic mass is 10.3. The molecule has 2 aromatic heterocycles. The highest BCUT2D eigenvalue weighted by molar-refractivity contribution is 9.10. The highest BCUT2D eigenvalue weighted by Gasteiger charge is 2.33. The van der Waals surface area contributed by atoms with Crippen LogP contribution in [0.15, 0.2) is 46.0 Å². The number of halogens is 4. The van der Waals surface area contributed by atoms with Crippen molar-refractivity contribution in [2.24, 2.45) is 0 Å². The smallest absolute Gasteiger partial charge is 0.447 e. The van der Waals surface area contributed by atoms with E-state index in [0.29, 0.717) is 10.1 Å². The Kier molecular flexibility index (Phi) is 6.94. The molecule has 1 fully saturated rings. The largest absolute Gasteiger partial charge is 0.488 e. The number of rotatable bonds is 6. The van der Waals surface area contributed by atoms with Crippen LogP contribution in [0.5, 0.6) is 5.75 Å². The van der Waals surface area contributed by atoms with Gasteiger partial charge in [-0.05, 0) is 77.6 Å². The second kappa shape index (κ2) is 9.54. The lowest BCUT2D eigenvalue weighted by molar-refractivity contribution is -0.0329. The first kappa shape index (κ1) is 23.3. The summed E-state index contributed by atoms with van der Waals surface area (Å²) in [6, 6.07) is 9.49. The van der Waals surface area contributed by atoms with Crippen LogP contribution < -0.4 is 15.4 Å². The maximum atomic E-state index is 13.1. The molecule has 4 rings (SSSR count). The van der Waals surface area contributed by atoms with E-state index < -0.39 is 5.51 Å². The molecule has 0 unspecified atom stereocenters. The monoisotopic (exact) mass is 541 g/mol. The molecule has 0 bridgehead atoms. The summed E-state index contributed by atoms with van der Waals surface area (Å²) in [4.78, 5) is 4.31. The fourth-order valence-corrected chi connectivity index (χ4v) is 4.81. The van der Waals surface area contributed by atoms with Crippen molar-refractivity contribution in [2.45, 2.75) is 29.5 Å². The van der Waals surface area contributed by atoms with Gasteiger partial charge in [0.2, 0.25) is 0 Å². The Hall–Kier alpha value is -1.88. The molecule has 0 spiro atoms. The van der Waals surface area contributed by atoms with E-state index in [1.54, 1.807) is 18.3 Å². The number of imidazole rings is 1. The molecule has 0 radical (unpaired) electrons. The van der Waals surface area contributed by atoms with Gasteiger partial charge in [0.25, 0.3) is 0 Å². The van der Waals surface area contributed by atoms with Gasteiger partial charge in [-0.25, -0.2) is 4.98 Å². The molecular formula is C22H20BrF3N3OPS. The maximum Gasteiger partial charge on any atom is 0.447 e. The number of alkyl halides is 3. The molecule has 1 saturated carbocycles. The molecule has 4 nitrogen and oxygen atoms in total. The molecule has 1 aliphatic carbocycles. The Morgan fingerprint density at radius 3 is 2.78 bits per heavy atom. The highest BCUT2D eigenvalue weighted by atomic mass is 79.9. The van der Waals surface area contributed by atoms with E-state index in [9.17, 15) is 13.2 Å². The Morgan fingerprint density at radius 1 is 1.31 bits per heavy atom. The van der Waals surface area contributed by atoms with Gasteiger partial charge < -0.3 is 10.1 Å². The van der Waals surface area contributed by atoms with Crippen LogP contribution in [0.25, 0.3) is 5.65 Å². The second-order valence-corrected chi connectivity index (χ2v) is 11.6. The average Bonchev–Trinajstić information content (AvgIpc) is 3.47. The first-order chi connectivity index (χ1) is 15.2. The van der Waals surface area contributed by atoms with Crippen molar-refractivity contribution in [3.05, 3.63) is 46.7 Å². The van der Waals surface area contributed by atoms with Gasteiger partial charge in [-0.2, -0.15) is 13.2 Å². The van der Waals surface area contributed by atoms with Gasteiger partial charge in [0.1, 0.15) is 16.5 Å². The number of fused-ring (bicyclic) bond motifs is 1. The SMILES string of the molecule is CP(C)c1ccc(NCC#Cc2nc3c(Br)cccn3c2SC(F)(F)F)c(OC2CC2)c1. The molecule has 1 N–H and O–H groups in total. The fourth-order valence-electron chi connectivity index (χ4n) is 2.97. The third-order valence-corrected chi connectivity index (χ3v) is 7.39. The zero-order valence-electron chi connectivity index (χ0n) is 17.3. The topological polar surface area (TPSA) is 38.6 Å². The number of nitrogens with one attached hydrogen (secondary N) is 1. The van der Waals surface area contributed by atoms with Gasteiger partial charge in [-0.1, -0.05) is 19.9 Å². The van der Waals surface area contributed by atoms with Crippen LogP contribution in [0.1, 0.15) is 18.5 Å². The number of aromatic nitrogens is 2. The molecule has 0 saturated heterocycles. The van der Waals surface area contributed by atoms with Crippen LogP contribution in [0.2, 0.25) is 0 Å². The first-order valence-electron chi connectivity index (χ1n) is 9.84. The minimum Gasteiger partial charge on any atom is -0.488 e. The minimum absolute atomic E-state index is 0.0531. The summed E-state index contributed by atoms with van der Waals surface area (Å²) in [6.07, 6.45) is 3.92. The predicted molar refractivity (Wildman–Crippen MR) is 129 cm³/mol. The van der Waals surface area contributed by atoms with E-state index in [1.807, 2.05) is 6.07 Å². The molecule has 10 heteroatoms. The molecule has 0 atom stereocenters. The van der Waals surface area contributed by atoms with E-state index in [4.69, 9.17) is 4.74 Å². The lowest BCUT2D eigenvalue weighted by Gasteiger charge is -2.15. The van der Waals surface area contributed by atoms with E-state index >= 15 is 0 Å². The molecular weight excluding hydrogens is 522 g/mol. The third kappa shape index (κ3) is 5.72. The van der Waals surface area contributed by atoms with Crippen molar-refractivity contribution in [2.75, 3.05) is 25.2 Å². The summed E-state index contributed by atoms with van der Waals surface area (Å²) in [5, 5.41) is 4.42. The second-order valence-electron chi connectivity index (χ2n) is 7.41. The predicted octanol–water partition coefficient (Wildman–Crippen LogP) is 6.08. The number of hydrogen-bond acceptors (Lipinski definition) is 4. The first-order valence-corrected chi connectivity index (χ1v) is 13.7. The number of pyridine rings is 1. The Morgan fingerprint density at radius 2 is 2.09 bits per heavy atom. The molecule has 32 heavy (non-hydrogen) atoms. The van der Waals surface area contributed by atoms with Gasteiger partial charge in [0.05, 0.1) is 22.8 Å². The van der Waals surface area contributed by atoms with E-state index in [1.165, 1.54) is 9.71 Å². The maximum absolute atomic E-state index is 13.1. The average molecular weight is 542 g/mol. The number of benzene rings is 1. The van der Waals surface area contributed by atoms with E-state index in [-0.39, 0.29) is 43.1 Å². The van der Waals surface area contributed by atoms with Crippen molar-refractivity contribution in [3.63, 3.8) is 0 Å². The van der Waals surface area contributed by atoms with Crippen LogP contribution in [0.3, 0.4) is 0 Å². The van der Waals surface area contributed by atoms with Crippen molar-refractivity contribution in [1.82, 2.24) is 9.38 Å². The van der Waals surface area contributed by atoms with Crippen LogP contribution in [-0.4, -0.2) is 40.9 Å². The lowest BCUT2D eigenvalue weighted by Crippen LogP contribution is -2.08. The van der Waals surface area contributed by atoms with E-state index in [0.717, 1.165) is 24.3 Å². The fraction of sp³-hybridized carbons (Fsp3) is 0.318. The standard InChI is InChI=1S/C22H20BrF3N3OPS/c1-31(2)15-9-10-17(19(13-15)30-14-7-8-14)27-11-3-6-18-21(32-22(24,25)26)29-12-4-5-16(23)20(29)28-18/h4-5,9-10,12-14,27H,7-8,11H2,1-2H3. The summed E-state index contributed by atoms with van der Waals surface area (Å²) < 4.78 is 47.4. The van der Waals surface area contributed by atoms with Crippen LogP contribution >= 0.6 is 35.6 Å². The summed E-state index contributed by atoms with van der Waals surface area (Å²) in [6.45, 7) is 4.63. The number of ether oxygens (including phenoxy) is 1. The molecule has 2 heterocycles. The molecule has 3 aromatic rings. The summed E-state index contributed by atoms with van der Waals surface area (Å²) >= 11 is 3.12. The van der Waals surface area contributed by atoms with Crippen molar-refractivity contribution < 1.29 is 17.9 Å².